The summed E-state index contributed by atoms with van der Waals surface area (Å²) in [5.74, 6) is 0.780. The Morgan fingerprint density at radius 2 is 1.96 bits per heavy atom. The predicted octanol–water partition coefficient (Wildman–Crippen LogP) is 3.38. The Bertz CT molecular complexity index is 832. The molecule has 0 spiro atoms. The van der Waals surface area contributed by atoms with Crippen molar-refractivity contribution in [3.8, 4) is 11.8 Å². The molecule has 122 valence electrons. The molecule has 24 heavy (non-hydrogen) atoms. The molecule has 0 heterocycles. The maximum absolute atomic E-state index is 9.27. The van der Waals surface area contributed by atoms with Gasteiger partial charge in [-0.25, -0.2) is 4.99 Å². The summed E-state index contributed by atoms with van der Waals surface area (Å²) in [5.41, 5.74) is 8.69. The zero-order valence-electron chi connectivity index (χ0n) is 14.0. The molecule has 0 unspecified atom stereocenters. The van der Waals surface area contributed by atoms with Crippen LogP contribution in [0.1, 0.15) is 36.1 Å². The summed E-state index contributed by atoms with van der Waals surface area (Å²) in [5, 5.41) is 17.4. The number of amidine groups is 2. The van der Waals surface area contributed by atoms with Crippen LogP contribution in [-0.2, 0) is 0 Å². The summed E-state index contributed by atoms with van der Waals surface area (Å²) >= 11 is 0. The Hall–Kier alpha value is -3.13. The van der Waals surface area contributed by atoms with Crippen LogP contribution in [0.4, 0.5) is 0 Å². The van der Waals surface area contributed by atoms with Crippen molar-refractivity contribution in [1.82, 2.24) is 0 Å². The molecule has 0 fully saturated rings. The third-order valence-electron chi connectivity index (χ3n) is 3.39. The molecule has 2 aromatic carbocycles. The van der Waals surface area contributed by atoms with Crippen LogP contribution in [0.25, 0.3) is 0 Å². The molecule has 0 bridgehead atoms. The molecule has 2 aromatic rings. The zero-order valence-corrected chi connectivity index (χ0v) is 14.0. The summed E-state index contributed by atoms with van der Waals surface area (Å²) in [7, 11) is 0. The number of nitriles is 1. The molecule has 0 saturated carbocycles. The lowest BCUT2D eigenvalue weighted by molar-refractivity contribution is 0.241. The largest absolute Gasteiger partial charge is 0.490 e. The van der Waals surface area contributed by atoms with Crippen LogP contribution < -0.4 is 10.5 Å². The van der Waals surface area contributed by atoms with Crippen molar-refractivity contribution < 1.29 is 4.74 Å². The van der Waals surface area contributed by atoms with Gasteiger partial charge in [0.05, 0.1) is 11.7 Å². The number of nitrogens with zero attached hydrogens (tertiary/aromatic N) is 2. The first-order chi connectivity index (χ1) is 11.4. The van der Waals surface area contributed by atoms with Gasteiger partial charge in [0.15, 0.2) is 5.84 Å². The molecule has 3 N–H and O–H groups in total. The van der Waals surface area contributed by atoms with Gasteiger partial charge in [0.1, 0.15) is 17.7 Å². The summed E-state index contributed by atoms with van der Waals surface area (Å²) in [6.07, 6.45) is -0.0304. The highest BCUT2D eigenvalue weighted by atomic mass is 16.5. The van der Waals surface area contributed by atoms with E-state index in [1.807, 2.05) is 45.0 Å². The van der Waals surface area contributed by atoms with Gasteiger partial charge in [0.2, 0.25) is 0 Å². The Kier molecular flexibility index (Phi) is 5.33. The molecule has 0 atom stereocenters. The average Bonchev–Trinajstić information content (AvgIpc) is 2.54. The second kappa shape index (κ2) is 7.42. The van der Waals surface area contributed by atoms with Gasteiger partial charge in [-0.15, -0.1) is 0 Å². The molecular formula is C19H20N4O. The van der Waals surface area contributed by atoms with E-state index >= 15 is 0 Å². The third kappa shape index (κ3) is 3.99. The van der Waals surface area contributed by atoms with Gasteiger partial charge in [-0.05, 0) is 44.5 Å². The third-order valence-corrected chi connectivity index (χ3v) is 3.39. The summed E-state index contributed by atoms with van der Waals surface area (Å²) in [6.45, 7) is 5.72. The van der Waals surface area contributed by atoms with Gasteiger partial charge >= 0.3 is 0 Å². The van der Waals surface area contributed by atoms with Gasteiger partial charge in [-0.1, -0.05) is 24.3 Å². The first-order valence-corrected chi connectivity index (χ1v) is 7.62. The molecular weight excluding hydrogens is 300 g/mol. The number of ether oxygens (including phenoxy) is 1. The molecule has 0 amide bonds. The number of hydrogen-bond donors (Lipinski definition) is 2. The van der Waals surface area contributed by atoms with E-state index in [0.29, 0.717) is 16.9 Å². The second-order valence-electron chi connectivity index (χ2n) is 5.65. The maximum Gasteiger partial charge on any atom is 0.154 e. The highest BCUT2D eigenvalue weighted by Gasteiger charge is 2.10. The lowest BCUT2D eigenvalue weighted by Crippen LogP contribution is -2.17. The van der Waals surface area contributed by atoms with Crippen LogP contribution in [0.5, 0.6) is 5.75 Å². The smallest absolute Gasteiger partial charge is 0.154 e. The molecule has 0 aliphatic rings. The summed E-state index contributed by atoms with van der Waals surface area (Å²) in [4.78, 5) is 4.17. The fraction of sp³-hybridized carbons (Fsp3) is 0.211. The first-order valence-electron chi connectivity index (χ1n) is 7.62. The van der Waals surface area contributed by atoms with Crippen LogP contribution in [0.2, 0.25) is 0 Å². The molecule has 0 radical (unpaired) electrons. The van der Waals surface area contributed by atoms with Crippen LogP contribution in [0.3, 0.4) is 0 Å². The summed E-state index contributed by atoms with van der Waals surface area (Å²) < 4.78 is 5.58. The molecule has 5 heteroatoms. The second-order valence-corrected chi connectivity index (χ2v) is 5.65. The van der Waals surface area contributed by atoms with Gasteiger partial charge in [0, 0.05) is 11.1 Å². The van der Waals surface area contributed by atoms with Gasteiger partial charge in [-0.2, -0.15) is 5.26 Å². The van der Waals surface area contributed by atoms with Crippen molar-refractivity contribution in [2.75, 3.05) is 0 Å². The average molecular weight is 320 g/mol. The quantitative estimate of drug-likeness (QED) is 0.667. The number of nitrogens with one attached hydrogen (secondary N) is 1. The highest BCUT2D eigenvalue weighted by molar-refractivity contribution is 6.10. The van der Waals surface area contributed by atoms with E-state index in [0.717, 1.165) is 11.1 Å². The minimum atomic E-state index is -0.0304. The number of hydrogen-bond acceptors (Lipinski definition) is 3. The minimum Gasteiger partial charge on any atom is -0.490 e. The Balaban J connectivity index is 2.32. The van der Waals surface area contributed by atoms with Crippen molar-refractivity contribution in [2.45, 2.75) is 26.9 Å². The topological polar surface area (TPSA) is 95.2 Å². The number of aryl methyl sites for hydroxylation is 1. The minimum absolute atomic E-state index is 0.00310. The normalized spacial score (nSPS) is 11.2. The predicted molar refractivity (Wildman–Crippen MR) is 95.7 cm³/mol. The van der Waals surface area contributed by atoms with E-state index in [1.54, 1.807) is 18.2 Å². The van der Waals surface area contributed by atoms with Crippen molar-refractivity contribution in [3.05, 3.63) is 64.7 Å². The molecule has 2 rings (SSSR count). The van der Waals surface area contributed by atoms with Gasteiger partial charge < -0.3 is 10.5 Å². The molecule has 0 aromatic heterocycles. The van der Waals surface area contributed by atoms with Crippen molar-refractivity contribution >= 4 is 11.7 Å². The Labute approximate surface area is 141 Å². The number of benzene rings is 2. The van der Waals surface area contributed by atoms with E-state index in [-0.39, 0.29) is 17.8 Å². The van der Waals surface area contributed by atoms with E-state index in [2.05, 4.69) is 11.1 Å². The Morgan fingerprint density at radius 3 is 2.58 bits per heavy atom. The van der Waals surface area contributed by atoms with Crippen molar-refractivity contribution in [3.63, 3.8) is 0 Å². The molecule has 0 aliphatic carbocycles. The SMILES string of the molecule is Cc1ccccc1C(N)=NC(=N)c1ccc(OC(C)C)c(C#N)c1. The lowest BCUT2D eigenvalue weighted by Gasteiger charge is -2.12. The number of rotatable bonds is 4. The highest BCUT2D eigenvalue weighted by Crippen LogP contribution is 2.21. The first kappa shape index (κ1) is 17.2. The van der Waals surface area contributed by atoms with E-state index in [9.17, 15) is 5.26 Å². The molecule has 0 aliphatic heterocycles. The van der Waals surface area contributed by atoms with Crippen molar-refractivity contribution in [2.24, 2.45) is 10.7 Å². The number of aliphatic imine (C=N–C) groups is 1. The number of nitrogens with two attached hydrogens (primary N) is 1. The van der Waals surface area contributed by atoms with E-state index in [4.69, 9.17) is 15.9 Å². The standard InChI is InChI=1S/C19H20N4O/c1-12(2)24-17-9-8-14(10-15(17)11-20)18(21)23-19(22)16-7-5-4-6-13(16)3/h4-10,12H,1-3H3,(H3,21,22,23). The molecule has 5 nitrogen and oxygen atoms in total. The summed E-state index contributed by atoms with van der Waals surface area (Å²) in [6, 6.07) is 14.7. The van der Waals surface area contributed by atoms with Crippen LogP contribution in [0, 0.1) is 23.7 Å². The Morgan fingerprint density at radius 1 is 1.25 bits per heavy atom. The van der Waals surface area contributed by atoms with Crippen molar-refractivity contribution in [1.29, 1.82) is 10.7 Å². The monoisotopic (exact) mass is 320 g/mol. The zero-order chi connectivity index (χ0) is 17.7. The van der Waals surface area contributed by atoms with Gasteiger partial charge in [0.25, 0.3) is 0 Å². The van der Waals surface area contributed by atoms with Gasteiger partial charge in [-0.3, -0.25) is 5.41 Å². The van der Waals surface area contributed by atoms with E-state index < -0.39 is 0 Å². The van der Waals surface area contributed by atoms with E-state index in [1.165, 1.54) is 0 Å². The van der Waals surface area contributed by atoms with Crippen LogP contribution >= 0.6 is 0 Å². The van der Waals surface area contributed by atoms with Crippen LogP contribution in [-0.4, -0.2) is 17.8 Å². The fourth-order valence-corrected chi connectivity index (χ4v) is 2.23. The molecule has 0 saturated heterocycles. The fourth-order valence-electron chi connectivity index (χ4n) is 2.23. The van der Waals surface area contributed by atoms with Crippen LogP contribution in [0.15, 0.2) is 47.5 Å². The lowest BCUT2D eigenvalue weighted by atomic mass is 10.1. The maximum atomic E-state index is 9.27.